The molecule has 2 rings (SSSR count). The summed E-state index contributed by atoms with van der Waals surface area (Å²) in [4.78, 5) is 10.3. The van der Waals surface area contributed by atoms with Crippen LogP contribution in [-0.4, -0.2) is 29.0 Å². The molecule has 0 aliphatic carbocycles. The van der Waals surface area contributed by atoms with Gasteiger partial charge in [0.25, 0.3) is 0 Å². The Morgan fingerprint density at radius 2 is 1.83 bits per heavy atom. The Morgan fingerprint density at radius 3 is 2.44 bits per heavy atom. The van der Waals surface area contributed by atoms with Gasteiger partial charge in [-0.2, -0.15) is 4.99 Å². The van der Waals surface area contributed by atoms with Crippen molar-refractivity contribution in [1.29, 1.82) is 0 Å². The van der Waals surface area contributed by atoms with Crippen molar-refractivity contribution in [2.24, 2.45) is 21.5 Å². The van der Waals surface area contributed by atoms with E-state index in [-0.39, 0.29) is 5.96 Å². The van der Waals surface area contributed by atoms with Crippen LogP contribution >= 0.6 is 0 Å². The SMILES string of the molecule is CC1(C)N=C(N)N=C(N)N1CCc1ccccc1. The molecule has 0 amide bonds. The Hall–Kier alpha value is -2.04. The third-order valence-electron chi connectivity index (χ3n) is 3.02. The van der Waals surface area contributed by atoms with Crippen LogP contribution in [0.4, 0.5) is 0 Å². The predicted octanol–water partition coefficient (Wildman–Crippen LogP) is 0.910. The normalized spacial score (nSPS) is 18.2. The van der Waals surface area contributed by atoms with Crippen LogP contribution in [0, 0.1) is 0 Å². The van der Waals surface area contributed by atoms with Crippen LogP contribution in [0.25, 0.3) is 0 Å². The Morgan fingerprint density at radius 1 is 1.17 bits per heavy atom. The number of benzene rings is 1. The van der Waals surface area contributed by atoms with Gasteiger partial charge in [0.1, 0.15) is 5.66 Å². The van der Waals surface area contributed by atoms with E-state index in [1.807, 2.05) is 36.9 Å². The van der Waals surface area contributed by atoms with Crippen LogP contribution in [0.5, 0.6) is 0 Å². The number of hydrogen-bond acceptors (Lipinski definition) is 5. The van der Waals surface area contributed by atoms with Crippen molar-refractivity contribution >= 4 is 11.9 Å². The van der Waals surface area contributed by atoms with E-state index < -0.39 is 5.66 Å². The average Bonchev–Trinajstić information content (AvgIpc) is 2.27. The summed E-state index contributed by atoms with van der Waals surface area (Å²) in [5, 5.41) is 0. The van der Waals surface area contributed by atoms with Crippen LogP contribution in [0.3, 0.4) is 0 Å². The summed E-state index contributed by atoms with van der Waals surface area (Å²) in [5.74, 6) is 0.678. The van der Waals surface area contributed by atoms with E-state index in [0.29, 0.717) is 5.96 Å². The van der Waals surface area contributed by atoms with Crippen LogP contribution in [0.1, 0.15) is 19.4 Å². The average molecular weight is 245 g/mol. The molecule has 0 fully saturated rings. The molecule has 1 aliphatic heterocycles. The number of nitrogens with two attached hydrogens (primary N) is 2. The molecule has 1 aromatic rings. The van der Waals surface area contributed by atoms with Crippen molar-refractivity contribution in [2.75, 3.05) is 6.54 Å². The fourth-order valence-electron chi connectivity index (χ4n) is 2.10. The van der Waals surface area contributed by atoms with E-state index in [2.05, 4.69) is 22.1 Å². The third-order valence-corrected chi connectivity index (χ3v) is 3.02. The first-order valence-corrected chi connectivity index (χ1v) is 6.00. The second kappa shape index (κ2) is 4.68. The number of aliphatic imine (C=N–C) groups is 2. The molecule has 0 aromatic heterocycles. The molecule has 0 unspecified atom stereocenters. The van der Waals surface area contributed by atoms with Crippen LogP contribution in [0.15, 0.2) is 40.3 Å². The highest BCUT2D eigenvalue weighted by Crippen LogP contribution is 2.19. The minimum absolute atomic E-state index is 0.244. The standard InChI is InChI=1S/C13H19N5/c1-13(2)17-11(14)16-12(15)18(13)9-8-10-6-4-3-5-7-10/h3-7H,8-9H2,1-2H3,(H4,14,15,16,17). The van der Waals surface area contributed by atoms with E-state index in [9.17, 15) is 0 Å². The largest absolute Gasteiger partial charge is 0.369 e. The minimum atomic E-state index is -0.440. The van der Waals surface area contributed by atoms with Gasteiger partial charge in [-0.1, -0.05) is 30.3 Å². The Kier molecular flexibility index (Phi) is 3.23. The monoisotopic (exact) mass is 245 g/mol. The molecule has 5 nitrogen and oxygen atoms in total. The fraction of sp³-hybridized carbons (Fsp3) is 0.385. The maximum atomic E-state index is 5.92. The first-order chi connectivity index (χ1) is 8.49. The molecular weight excluding hydrogens is 226 g/mol. The first kappa shape index (κ1) is 12.4. The van der Waals surface area contributed by atoms with Crippen molar-refractivity contribution in [3.63, 3.8) is 0 Å². The molecule has 4 N–H and O–H groups in total. The fourth-order valence-corrected chi connectivity index (χ4v) is 2.10. The molecule has 1 aromatic carbocycles. The smallest absolute Gasteiger partial charge is 0.220 e. The molecule has 0 radical (unpaired) electrons. The van der Waals surface area contributed by atoms with Crippen molar-refractivity contribution < 1.29 is 0 Å². The molecule has 0 saturated carbocycles. The quantitative estimate of drug-likeness (QED) is 0.830. The van der Waals surface area contributed by atoms with Crippen molar-refractivity contribution in [3.8, 4) is 0 Å². The molecule has 0 bridgehead atoms. The molecule has 0 spiro atoms. The van der Waals surface area contributed by atoms with Gasteiger partial charge in [-0.3, -0.25) is 0 Å². The van der Waals surface area contributed by atoms with Gasteiger partial charge in [0.15, 0.2) is 0 Å². The lowest BCUT2D eigenvalue weighted by Crippen LogP contribution is -2.54. The second-order valence-electron chi connectivity index (χ2n) is 4.82. The molecule has 18 heavy (non-hydrogen) atoms. The lowest BCUT2D eigenvalue weighted by atomic mass is 10.1. The lowest BCUT2D eigenvalue weighted by Gasteiger charge is -2.38. The summed E-state index contributed by atoms with van der Waals surface area (Å²) < 4.78 is 0. The van der Waals surface area contributed by atoms with Crippen molar-refractivity contribution in [3.05, 3.63) is 35.9 Å². The van der Waals surface area contributed by atoms with E-state index in [1.54, 1.807) is 0 Å². The van der Waals surface area contributed by atoms with Crippen LogP contribution in [0.2, 0.25) is 0 Å². The van der Waals surface area contributed by atoms with Crippen molar-refractivity contribution in [1.82, 2.24) is 4.90 Å². The third kappa shape index (κ3) is 2.61. The van der Waals surface area contributed by atoms with E-state index in [1.165, 1.54) is 5.56 Å². The lowest BCUT2D eigenvalue weighted by molar-refractivity contribution is 0.220. The summed E-state index contributed by atoms with van der Waals surface area (Å²) in [7, 11) is 0. The number of guanidine groups is 2. The second-order valence-corrected chi connectivity index (χ2v) is 4.82. The zero-order valence-corrected chi connectivity index (χ0v) is 10.8. The Labute approximate surface area is 107 Å². The van der Waals surface area contributed by atoms with Crippen LogP contribution in [-0.2, 0) is 6.42 Å². The molecule has 1 heterocycles. The van der Waals surface area contributed by atoms with Gasteiger partial charge in [0, 0.05) is 6.54 Å². The Balaban J connectivity index is 2.08. The zero-order chi connectivity index (χ0) is 13.2. The van der Waals surface area contributed by atoms with Gasteiger partial charge < -0.3 is 16.4 Å². The first-order valence-electron chi connectivity index (χ1n) is 6.00. The van der Waals surface area contributed by atoms with E-state index in [4.69, 9.17) is 11.5 Å². The van der Waals surface area contributed by atoms with Gasteiger partial charge in [-0.15, -0.1) is 0 Å². The topological polar surface area (TPSA) is 80.0 Å². The number of hydrogen-bond donors (Lipinski definition) is 2. The molecule has 5 heteroatoms. The maximum Gasteiger partial charge on any atom is 0.220 e. The molecule has 1 aliphatic rings. The molecule has 0 saturated heterocycles. The summed E-state index contributed by atoms with van der Waals surface area (Å²) >= 11 is 0. The van der Waals surface area contributed by atoms with Crippen LogP contribution < -0.4 is 11.5 Å². The highest BCUT2D eigenvalue weighted by molar-refractivity contribution is 5.95. The van der Waals surface area contributed by atoms with Gasteiger partial charge in [-0.25, -0.2) is 4.99 Å². The minimum Gasteiger partial charge on any atom is -0.369 e. The van der Waals surface area contributed by atoms with E-state index in [0.717, 1.165) is 13.0 Å². The summed E-state index contributed by atoms with van der Waals surface area (Å²) in [6.07, 6.45) is 0.899. The van der Waals surface area contributed by atoms with Gasteiger partial charge >= 0.3 is 0 Å². The highest BCUT2D eigenvalue weighted by Gasteiger charge is 2.30. The molecule has 96 valence electrons. The summed E-state index contributed by atoms with van der Waals surface area (Å²) in [5.41, 5.74) is 12.4. The molecular formula is C13H19N5. The predicted molar refractivity (Wildman–Crippen MR) is 74.2 cm³/mol. The van der Waals surface area contributed by atoms with Gasteiger partial charge in [-0.05, 0) is 25.8 Å². The number of rotatable bonds is 3. The van der Waals surface area contributed by atoms with Gasteiger partial charge in [0.05, 0.1) is 0 Å². The van der Waals surface area contributed by atoms with Gasteiger partial charge in [0.2, 0.25) is 11.9 Å². The summed E-state index contributed by atoms with van der Waals surface area (Å²) in [6, 6.07) is 10.3. The maximum absolute atomic E-state index is 5.92. The highest BCUT2D eigenvalue weighted by atomic mass is 15.4. The number of nitrogens with zero attached hydrogens (tertiary/aromatic N) is 3. The molecule has 0 atom stereocenters. The van der Waals surface area contributed by atoms with Crippen molar-refractivity contribution in [2.45, 2.75) is 25.9 Å². The Bertz CT molecular complexity index is 475. The zero-order valence-electron chi connectivity index (χ0n) is 10.8. The summed E-state index contributed by atoms with van der Waals surface area (Å²) in [6.45, 7) is 4.72. The van der Waals surface area contributed by atoms with E-state index >= 15 is 0 Å².